The molecule has 0 saturated heterocycles. The highest BCUT2D eigenvalue weighted by Crippen LogP contribution is 2.26. The molecule has 0 aromatic heterocycles. The molecule has 0 aromatic rings. The third kappa shape index (κ3) is 7.33. The van der Waals surface area contributed by atoms with Gasteiger partial charge in [0.15, 0.2) is 5.79 Å². The minimum atomic E-state index is -0.990. The van der Waals surface area contributed by atoms with Crippen LogP contribution in [0.25, 0.3) is 0 Å². The van der Waals surface area contributed by atoms with E-state index in [9.17, 15) is 4.79 Å². The monoisotopic (exact) mass is 218 g/mol. The van der Waals surface area contributed by atoms with Gasteiger partial charge in [-0.2, -0.15) is 0 Å². The van der Waals surface area contributed by atoms with E-state index in [1.807, 2.05) is 20.8 Å². The molecule has 0 saturated carbocycles. The lowest BCUT2D eigenvalue weighted by Gasteiger charge is -2.38. The molecule has 0 aliphatic rings. The molecule has 0 atom stereocenters. The number of hydrogen-bond donors (Lipinski definition) is 0. The van der Waals surface area contributed by atoms with Gasteiger partial charge in [-0.1, -0.05) is 0 Å². The van der Waals surface area contributed by atoms with Crippen LogP contribution in [0, 0.1) is 0 Å². The Bertz CT molecular complexity index is 213. The first-order chi connectivity index (χ1) is 6.47. The maximum Gasteiger partial charge on any atom is 0.295 e. The van der Waals surface area contributed by atoms with Gasteiger partial charge in [-0.15, -0.1) is 0 Å². The third-order valence-corrected chi connectivity index (χ3v) is 1.38. The molecule has 4 nitrogen and oxygen atoms in total. The molecule has 0 aromatic carbocycles. The highest BCUT2D eigenvalue weighted by Gasteiger charge is 2.34. The Morgan fingerprint density at radius 1 is 0.800 bits per heavy atom. The number of hydrogen-bond acceptors (Lipinski definition) is 4. The molecule has 0 rings (SSSR count). The van der Waals surface area contributed by atoms with E-state index in [0.717, 1.165) is 0 Å². The summed E-state index contributed by atoms with van der Waals surface area (Å²) in [6.45, 7) is 13.1. The van der Waals surface area contributed by atoms with Crippen molar-refractivity contribution in [2.75, 3.05) is 0 Å². The van der Waals surface area contributed by atoms with Gasteiger partial charge in [-0.05, 0) is 34.6 Å². The fourth-order valence-corrected chi connectivity index (χ4v) is 1.49. The summed E-state index contributed by atoms with van der Waals surface area (Å²) in [6, 6.07) is 0. The van der Waals surface area contributed by atoms with Crippen molar-refractivity contribution in [3.05, 3.63) is 0 Å². The van der Waals surface area contributed by atoms with Crippen molar-refractivity contribution in [2.24, 2.45) is 0 Å². The lowest BCUT2D eigenvalue weighted by atomic mass is 10.2. The first-order valence-electron chi connectivity index (χ1n) is 4.99. The largest absolute Gasteiger partial charge is 0.436 e. The quantitative estimate of drug-likeness (QED) is 0.525. The van der Waals surface area contributed by atoms with Gasteiger partial charge in [0, 0.05) is 13.8 Å². The van der Waals surface area contributed by atoms with Crippen molar-refractivity contribution in [1.29, 1.82) is 0 Å². The molecule has 0 fully saturated rings. The van der Waals surface area contributed by atoms with Crippen LogP contribution in [0.15, 0.2) is 0 Å². The Kier molecular flexibility index (Phi) is 4.31. The zero-order valence-corrected chi connectivity index (χ0v) is 10.7. The van der Waals surface area contributed by atoms with E-state index in [1.165, 1.54) is 0 Å². The minimum absolute atomic E-state index is 0.319. The molecule has 0 radical (unpaired) electrons. The third-order valence-electron chi connectivity index (χ3n) is 1.38. The van der Waals surface area contributed by atoms with Gasteiger partial charge >= 0.3 is 0 Å². The number of rotatable bonds is 5. The molecule has 4 heteroatoms. The molecule has 0 aliphatic carbocycles. The number of ether oxygens (including phenoxy) is 3. The van der Waals surface area contributed by atoms with Crippen molar-refractivity contribution in [3.8, 4) is 0 Å². The van der Waals surface area contributed by atoms with Crippen LogP contribution < -0.4 is 0 Å². The van der Waals surface area contributed by atoms with Crippen molar-refractivity contribution in [2.45, 2.75) is 65.6 Å². The molecular weight excluding hydrogens is 196 g/mol. The first kappa shape index (κ1) is 14.4. The highest BCUT2D eigenvalue weighted by molar-refractivity contribution is 5.37. The maximum absolute atomic E-state index is 10.2. The van der Waals surface area contributed by atoms with E-state index in [4.69, 9.17) is 14.2 Å². The molecule has 0 bridgehead atoms. The lowest BCUT2D eigenvalue weighted by Crippen LogP contribution is -2.44. The topological polar surface area (TPSA) is 44.8 Å². The van der Waals surface area contributed by atoms with Crippen LogP contribution in [0.1, 0.15) is 48.5 Å². The summed E-state index contributed by atoms with van der Waals surface area (Å²) in [5, 5.41) is 0. The zero-order valence-electron chi connectivity index (χ0n) is 10.7. The van der Waals surface area contributed by atoms with Crippen molar-refractivity contribution in [1.82, 2.24) is 0 Å². The Balaban J connectivity index is 4.42. The van der Waals surface area contributed by atoms with Crippen LogP contribution in [0.2, 0.25) is 0 Å². The van der Waals surface area contributed by atoms with E-state index < -0.39 is 11.6 Å². The van der Waals surface area contributed by atoms with Crippen LogP contribution in [0.3, 0.4) is 0 Å². The van der Waals surface area contributed by atoms with Crippen LogP contribution in [0.5, 0.6) is 0 Å². The average molecular weight is 218 g/mol. The molecule has 90 valence electrons. The molecule has 0 heterocycles. The van der Waals surface area contributed by atoms with Gasteiger partial charge in [0.2, 0.25) is 5.79 Å². The lowest BCUT2D eigenvalue weighted by molar-refractivity contribution is -0.341. The van der Waals surface area contributed by atoms with Crippen molar-refractivity contribution < 1.29 is 19.0 Å². The summed E-state index contributed by atoms with van der Waals surface area (Å²) in [5.74, 6) is -1.80. The van der Waals surface area contributed by atoms with Gasteiger partial charge in [0.25, 0.3) is 6.47 Å². The van der Waals surface area contributed by atoms with E-state index in [1.54, 1.807) is 27.7 Å². The molecule has 0 N–H and O–H groups in total. The minimum Gasteiger partial charge on any atom is -0.436 e. The SMILES string of the molecule is CC(C)(C)OC(C)(C)OC(C)(C)OC=O. The molecule has 15 heavy (non-hydrogen) atoms. The van der Waals surface area contributed by atoms with Gasteiger partial charge in [-0.25, -0.2) is 0 Å². The molecule has 0 spiro atoms. The second kappa shape index (κ2) is 4.49. The number of carbonyl (C=O) groups is 1. The average Bonchev–Trinajstić information content (AvgIpc) is 1.74. The van der Waals surface area contributed by atoms with Crippen LogP contribution in [0.4, 0.5) is 0 Å². The van der Waals surface area contributed by atoms with Gasteiger partial charge in [-0.3, -0.25) is 4.79 Å². The number of carbonyl (C=O) groups excluding carboxylic acids is 1. The normalized spacial score (nSPS) is 13.8. The van der Waals surface area contributed by atoms with E-state index in [0.29, 0.717) is 6.47 Å². The Morgan fingerprint density at radius 3 is 1.60 bits per heavy atom. The van der Waals surface area contributed by atoms with E-state index in [2.05, 4.69) is 0 Å². The zero-order chi connectivity index (χ0) is 12.3. The Hall–Kier alpha value is -0.610. The summed E-state index contributed by atoms with van der Waals surface area (Å²) >= 11 is 0. The smallest absolute Gasteiger partial charge is 0.295 e. The summed E-state index contributed by atoms with van der Waals surface area (Å²) in [6.07, 6.45) is 0. The fourth-order valence-electron chi connectivity index (χ4n) is 1.49. The van der Waals surface area contributed by atoms with Crippen molar-refractivity contribution >= 4 is 6.47 Å². The van der Waals surface area contributed by atoms with Gasteiger partial charge < -0.3 is 14.2 Å². The van der Waals surface area contributed by atoms with Gasteiger partial charge in [0.05, 0.1) is 5.60 Å². The van der Waals surface area contributed by atoms with Crippen molar-refractivity contribution in [3.63, 3.8) is 0 Å². The Labute approximate surface area is 91.9 Å². The predicted molar refractivity (Wildman–Crippen MR) is 57.2 cm³/mol. The van der Waals surface area contributed by atoms with Crippen LogP contribution in [-0.2, 0) is 19.0 Å². The van der Waals surface area contributed by atoms with Crippen LogP contribution >= 0.6 is 0 Å². The molecular formula is C11H22O4. The summed E-state index contributed by atoms with van der Waals surface area (Å²) in [7, 11) is 0. The second-order valence-electron chi connectivity index (χ2n) is 5.33. The van der Waals surface area contributed by atoms with E-state index >= 15 is 0 Å². The highest BCUT2D eigenvalue weighted by atomic mass is 16.8. The summed E-state index contributed by atoms with van der Waals surface area (Å²) < 4.78 is 16.1. The Morgan fingerprint density at radius 2 is 1.27 bits per heavy atom. The van der Waals surface area contributed by atoms with E-state index in [-0.39, 0.29) is 5.60 Å². The summed E-state index contributed by atoms with van der Waals surface area (Å²) in [5.41, 5.74) is -0.319. The van der Waals surface area contributed by atoms with Crippen LogP contribution in [-0.4, -0.2) is 23.6 Å². The summed E-state index contributed by atoms with van der Waals surface area (Å²) in [4.78, 5) is 10.2. The molecule has 0 amide bonds. The standard InChI is InChI=1S/C11H22O4/c1-9(2,3)14-11(6,7)15-10(4,5)13-8-12/h8H,1-7H3. The predicted octanol–water partition coefficient (Wildman–Crippen LogP) is 2.46. The second-order valence-corrected chi connectivity index (χ2v) is 5.33. The van der Waals surface area contributed by atoms with Gasteiger partial charge in [0.1, 0.15) is 0 Å². The first-order valence-corrected chi connectivity index (χ1v) is 4.99. The fraction of sp³-hybridized carbons (Fsp3) is 0.909. The molecule has 0 unspecified atom stereocenters. The molecule has 0 aliphatic heterocycles. The maximum atomic E-state index is 10.2.